The summed E-state index contributed by atoms with van der Waals surface area (Å²) in [4.78, 5) is 62.1. The van der Waals surface area contributed by atoms with E-state index in [4.69, 9.17) is 15.6 Å². The summed E-state index contributed by atoms with van der Waals surface area (Å²) in [5, 5.41) is 14.2. The highest BCUT2D eigenvalue weighted by molar-refractivity contribution is 8.00. The SMILES string of the molecule is COCC(=O)NC1CCN(C(=O)CSCC(=O)O)C(C(=O)NC(Cc2ccccc2)C(N)=O)C1. The molecular formula is C22H30N4O7S. The molecule has 0 spiro atoms. The number of primary amides is 1. The fourth-order valence-corrected chi connectivity index (χ4v) is 4.31. The number of carbonyl (C=O) groups is 5. The maximum atomic E-state index is 13.2. The highest BCUT2D eigenvalue weighted by atomic mass is 32.2. The van der Waals surface area contributed by atoms with Crippen LogP contribution in [0.4, 0.5) is 0 Å². The van der Waals surface area contributed by atoms with Gasteiger partial charge in [0.2, 0.25) is 23.6 Å². The fourth-order valence-electron chi connectivity index (χ4n) is 3.69. The van der Waals surface area contributed by atoms with Crippen molar-refractivity contribution >= 4 is 41.4 Å². The van der Waals surface area contributed by atoms with Gasteiger partial charge in [-0.25, -0.2) is 0 Å². The Hall–Kier alpha value is -3.12. The minimum atomic E-state index is -1.04. The molecule has 0 aliphatic carbocycles. The number of rotatable bonds is 12. The average molecular weight is 495 g/mol. The quantitative estimate of drug-likeness (QED) is 0.291. The molecule has 1 fully saturated rings. The number of thioether (sulfide) groups is 1. The summed E-state index contributed by atoms with van der Waals surface area (Å²) in [6.07, 6.45) is 0.732. The fraction of sp³-hybridized carbons (Fsp3) is 0.500. The molecule has 5 N–H and O–H groups in total. The van der Waals surface area contributed by atoms with Crippen LogP contribution < -0.4 is 16.4 Å². The van der Waals surface area contributed by atoms with Crippen molar-refractivity contribution in [3.63, 3.8) is 0 Å². The normalized spacial score (nSPS) is 18.6. The molecule has 4 amide bonds. The van der Waals surface area contributed by atoms with E-state index in [0.29, 0.717) is 6.42 Å². The number of carbonyl (C=O) groups excluding carboxylic acids is 4. The van der Waals surface area contributed by atoms with E-state index >= 15 is 0 Å². The van der Waals surface area contributed by atoms with Crippen LogP contribution in [0.2, 0.25) is 0 Å². The number of hydrogen-bond acceptors (Lipinski definition) is 7. The van der Waals surface area contributed by atoms with E-state index in [1.54, 1.807) is 24.3 Å². The molecule has 0 bridgehead atoms. The molecular weight excluding hydrogens is 464 g/mol. The molecule has 1 saturated heterocycles. The molecule has 1 aromatic rings. The number of nitrogens with zero attached hydrogens (tertiary/aromatic N) is 1. The van der Waals surface area contributed by atoms with Crippen molar-refractivity contribution in [1.29, 1.82) is 0 Å². The molecule has 0 radical (unpaired) electrons. The lowest BCUT2D eigenvalue weighted by molar-refractivity contribution is -0.142. The number of likely N-dealkylation sites (tertiary alicyclic amines) is 1. The Morgan fingerprint density at radius 1 is 1.21 bits per heavy atom. The van der Waals surface area contributed by atoms with Crippen molar-refractivity contribution < 1.29 is 33.8 Å². The Morgan fingerprint density at radius 3 is 2.53 bits per heavy atom. The van der Waals surface area contributed by atoms with Crippen LogP contribution in [-0.4, -0.2) is 89.5 Å². The first-order valence-corrected chi connectivity index (χ1v) is 11.9. The van der Waals surface area contributed by atoms with Gasteiger partial charge in [-0.15, -0.1) is 11.8 Å². The zero-order chi connectivity index (χ0) is 25.1. The lowest BCUT2D eigenvalue weighted by Crippen LogP contribution is -2.60. The predicted molar refractivity (Wildman–Crippen MR) is 125 cm³/mol. The molecule has 1 aromatic carbocycles. The smallest absolute Gasteiger partial charge is 0.313 e. The summed E-state index contributed by atoms with van der Waals surface area (Å²) in [7, 11) is 1.39. The third-order valence-electron chi connectivity index (χ3n) is 5.26. The number of hydrogen-bond donors (Lipinski definition) is 4. The second-order valence-electron chi connectivity index (χ2n) is 7.86. The largest absolute Gasteiger partial charge is 0.481 e. The van der Waals surface area contributed by atoms with Crippen molar-refractivity contribution in [2.75, 3.05) is 31.8 Å². The Balaban J connectivity index is 2.14. The molecule has 2 rings (SSSR count). The summed E-state index contributed by atoms with van der Waals surface area (Å²) in [6.45, 7) is 0.0467. The van der Waals surface area contributed by atoms with Crippen LogP contribution in [0.15, 0.2) is 30.3 Å². The van der Waals surface area contributed by atoms with Crippen LogP contribution in [0.25, 0.3) is 0 Å². The highest BCUT2D eigenvalue weighted by Crippen LogP contribution is 2.20. The van der Waals surface area contributed by atoms with Gasteiger partial charge in [-0.2, -0.15) is 0 Å². The van der Waals surface area contributed by atoms with Gasteiger partial charge in [-0.1, -0.05) is 30.3 Å². The molecule has 1 aliphatic rings. The Morgan fingerprint density at radius 2 is 1.91 bits per heavy atom. The molecule has 0 aromatic heterocycles. The first-order valence-electron chi connectivity index (χ1n) is 10.7. The lowest BCUT2D eigenvalue weighted by Gasteiger charge is -2.39. The number of carboxylic acid groups (broad SMARTS) is 1. The minimum absolute atomic E-state index is 0.111. The molecule has 12 heteroatoms. The topological polar surface area (TPSA) is 168 Å². The number of methoxy groups -OCH3 is 1. The number of aliphatic carboxylic acids is 1. The van der Waals surface area contributed by atoms with Crippen LogP contribution in [0, 0.1) is 0 Å². The number of carboxylic acids is 1. The summed E-state index contributed by atoms with van der Waals surface area (Å²) in [5.74, 6) is -3.42. The van der Waals surface area contributed by atoms with Gasteiger partial charge in [0.05, 0.1) is 11.5 Å². The second kappa shape index (κ2) is 13.6. The standard InChI is InChI=1S/C22H30N4O7S/c1-33-11-18(27)24-15-7-8-26(19(28)12-34-13-20(29)30)17(10-15)22(32)25-16(21(23)31)9-14-5-3-2-4-6-14/h2-6,15-17H,7-13H2,1H3,(H2,23,31)(H,24,27)(H,25,32)(H,29,30). The van der Waals surface area contributed by atoms with Crippen molar-refractivity contribution in [2.45, 2.75) is 37.4 Å². The van der Waals surface area contributed by atoms with E-state index in [9.17, 15) is 24.0 Å². The molecule has 3 unspecified atom stereocenters. The lowest BCUT2D eigenvalue weighted by atomic mass is 9.95. The van der Waals surface area contributed by atoms with Gasteiger partial charge >= 0.3 is 5.97 Å². The zero-order valence-electron chi connectivity index (χ0n) is 18.9. The highest BCUT2D eigenvalue weighted by Gasteiger charge is 2.37. The van der Waals surface area contributed by atoms with Crippen LogP contribution in [-0.2, 0) is 35.1 Å². The predicted octanol–water partition coefficient (Wildman–Crippen LogP) is -0.861. The first kappa shape index (κ1) is 27.1. The molecule has 1 aliphatic heterocycles. The zero-order valence-corrected chi connectivity index (χ0v) is 19.7. The summed E-state index contributed by atoms with van der Waals surface area (Å²) in [5.41, 5.74) is 6.32. The van der Waals surface area contributed by atoms with E-state index in [1.165, 1.54) is 12.0 Å². The number of amides is 4. The monoisotopic (exact) mass is 494 g/mol. The molecule has 186 valence electrons. The van der Waals surface area contributed by atoms with Gasteiger partial charge in [0.1, 0.15) is 18.7 Å². The minimum Gasteiger partial charge on any atom is -0.481 e. The van der Waals surface area contributed by atoms with Crippen molar-refractivity contribution in [1.82, 2.24) is 15.5 Å². The Kier molecular flexibility index (Phi) is 10.8. The van der Waals surface area contributed by atoms with E-state index in [-0.39, 0.29) is 49.4 Å². The first-order chi connectivity index (χ1) is 16.2. The van der Waals surface area contributed by atoms with Gasteiger partial charge in [-0.3, -0.25) is 24.0 Å². The van der Waals surface area contributed by atoms with Gasteiger partial charge in [0.25, 0.3) is 0 Å². The van der Waals surface area contributed by atoms with Crippen molar-refractivity contribution in [3.05, 3.63) is 35.9 Å². The third kappa shape index (κ3) is 8.67. The number of nitrogens with two attached hydrogens (primary N) is 1. The van der Waals surface area contributed by atoms with Crippen molar-refractivity contribution in [2.24, 2.45) is 5.73 Å². The molecule has 3 atom stereocenters. The molecule has 1 heterocycles. The van der Waals surface area contributed by atoms with Crippen LogP contribution in [0.1, 0.15) is 18.4 Å². The summed E-state index contributed by atoms with van der Waals surface area (Å²) < 4.78 is 4.82. The van der Waals surface area contributed by atoms with Crippen LogP contribution >= 0.6 is 11.8 Å². The van der Waals surface area contributed by atoms with E-state index in [2.05, 4.69) is 10.6 Å². The molecule has 11 nitrogen and oxygen atoms in total. The second-order valence-corrected chi connectivity index (χ2v) is 8.85. The van der Waals surface area contributed by atoms with Crippen LogP contribution in [0.5, 0.6) is 0 Å². The Labute approximate surface area is 201 Å². The summed E-state index contributed by atoms with van der Waals surface area (Å²) in [6, 6.07) is 6.72. The van der Waals surface area contributed by atoms with Gasteiger partial charge < -0.3 is 31.1 Å². The molecule has 34 heavy (non-hydrogen) atoms. The van der Waals surface area contributed by atoms with Crippen molar-refractivity contribution in [3.8, 4) is 0 Å². The van der Waals surface area contributed by atoms with Crippen LogP contribution in [0.3, 0.4) is 0 Å². The third-order valence-corrected chi connectivity index (χ3v) is 6.16. The maximum Gasteiger partial charge on any atom is 0.313 e. The number of piperidine rings is 1. The van der Waals surface area contributed by atoms with E-state index in [1.807, 2.05) is 6.07 Å². The van der Waals surface area contributed by atoms with Gasteiger partial charge in [-0.05, 0) is 18.4 Å². The number of nitrogens with one attached hydrogen (secondary N) is 2. The maximum absolute atomic E-state index is 13.2. The average Bonchev–Trinajstić information content (AvgIpc) is 2.79. The summed E-state index contributed by atoms with van der Waals surface area (Å²) >= 11 is 0.933. The van der Waals surface area contributed by atoms with E-state index < -0.39 is 35.8 Å². The van der Waals surface area contributed by atoms with Gasteiger partial charge in [0.15, 0.2) is 0 Å². The molecule has 0 saturated carbocycles. The Bertz CT molecular complexity index is 883. The van der Waals surface area contributed by atoms with E-state index in [0.717, 1.165) is 17.3 Å². The number of benzene rings is 1. The van der Waals surface area contributed by atoms with Gasteiger partial charge in [0, 0.05) is 26.1 Å². The number of ether oxygens (including phenoxy) is 1.